The topological polar surface area (TPSA) is 75.4 Å². The molecule has 3 rings (SSSR count). The Kier molecular flexibility index (Phi) is 3.24. The van der Waals surface area contributed by atoms with Gasteiger partial charge in [-0.15, -0.1) is 0 Å². The Morgan fingerprint density at radius 1 is 1.38 bits per heavy atom. The first-order chi connectivity index (χ1) is 9.89. The van der Waals surface area contributed by atoms with E-state index in [1.165, 1.54) is 0 Å². The van der Waals surface area contributed by atoms with Crippen molar-refractivity contribution in [2.75, 3.05) is 16.8 Å². The average molecular weight is 287 g/mol. The van der Waals surface area contributed by atoms with Crippen molar-refractivity contribution in [1.29, 1.82) is 0 Å². The third-order valence-corrected chi connectivity index (χ3v) is 4.53. The molecule has 1 aliphatic carbocycles. The second-order valence-electron chi connectivity index (χ2n) is 6.28. The van der Waals surface area contributed by atoms with Crippen molar-refractivity contribution in [3.8, 4) is 0 Å². The van der Waals surface area contributed by atoms with Gasteiger partial charge >= 0.3 is 0 Å². The molecule has 0 bridgehead atoms. The molecule has 5 nitrogen and oxygen atoms in total. The van der Waals surface area contributed by atoms with Gasteiger partial charge in [-0.3, -0.25) is 9.59 Å². The first-order valence-corrected chi connectivity index (χ1v) is 7.41. The van der Waals surface area contributed by atoms with Crippen LogP contribution < -0.4 is 16.0 Å². The van der Waals surface area contributed by atoms with Gasteiger partial charge in [0.1, 0.15) is 0 Å². The van der Waals surface area contributed by atoms with Crippen molar-refractivity contribution in [3.63, 3.8) is 0 Å². The largest absolute Gasteiger partial charge is 0.324 e. The lowest BCUT2D eigenvalue weighted by Gasteiger charge is -2.23. The summed E-state index contributed by atoms with van der Waals surface area (Å²) in [5.74, 6) is 0.209. The van der Waals surface area contributed by atoms with Gasteiger partial charge in [0.15, 0.2) is 0 Å². The Labute approximate surface area is 124 Å². The second-order valence-corrected chi connectivity index (χ2v) is 6.28. The van der Waals surface area contributed by atoms with E-state index in [2.05, 4.69) is 5.32 Å². The Hall–Kier alpha value is -1.88. The van der Waals surface area contributed by atoms with E-state index in [4.69, 9.17) is 5.73 Å². The molecule has 21 heavy (non-hydrogen) atoms. The monoisotopic (exact) mass is 287 g/mol. The highest BCUT2D eigenvalue weighted by Gasteiger charge is 2.44. The maximum atomic E-state index is 12.3. The normalized spacial score (nSPS) is 19.9. The summed E-state index contributed by atoms with van der Waals surface area (Å²) in [6.45, 7) is 4.07. The van der Waals surface area contributed by atoms with E-state index in [-0.39, 0.29) is 11.8 Å². The quantitative estimate of drug-likeness (QED) is 0.887. The number of hydrogen-bond donors (Lipinski definition) is 2. The highest BCUT2D eigenvalue weighted by atomic mass is 16.2. The van der Waals surface area contributed by atoms with Gasteiger partial charge in [-0.05, 0) is 55.9 Å². The van der Waals surface area contributed by atoms with Gasteiger partial charge in [-0.25, -0.2) is 0 Å². The molecule has 1 saturated carbocycles. The molecule has 5 heteroatoms. The Bertz CT molecular complexity index is 606. The summed E-state index contributed by atoms with van der Waals surface area (Å²) in [5, 5.41) is 2.91. The predicted molar refractivity (Wildman–Crippen MR) is 82.1 cm³/mol. The van der Waals surface area contributed by atoms with Crippen molar-refractivity contribution in [1.82, 2.24) is 0 Å². The van der Waals surface area contributed by atoms with Gasteiger partial charge < -0.3 is 16.0 Å². The minimum Gasteiger partial charge on any atom is -0.324 e. The van der Waals surface area contributed by atoms with Crippen molar-refractivity contribution < 1.29 is 9.59 Å². The Balaban J connectivity index is 1.76. The first kappa shape index (κ1) is 14.1. The maximum absolute atomic E-state index is 12.3. The first-order valence-electron chi connectivity index (χ1n) is 7.41. The number of nitrogens with two attached hydrogens (primary N) is 1. The summed E-state index contributed by atoms with van der Waals surface area (Å²) in [5.41, 5.74) is 8.11. The van der Waals surface area contributed by atoms with Crippen LogP contribution in [-0.2, 0) is 16.0 Å². The fourth-order valence-corrected chi connectivity index (χ4v) is 2.94. The molecular formula is C16H21N3O2. The second kappa shape index (κ2) is 4.84. The number of carbonyl (C=O) groups is 2. The molecule has 2 aliphatic rings. The number of rotatable bonds is 3. The predicted octanol–water partition coefficient (Wildman–Crippen LogP) is 1.66. The van der Waals surface area contributed by atoms with Crippen LogP contribution in [0.5, 0.6) is 0 Å². The number of carbonyl (C=O) groups excluding carboxylic acids is 2. The highest BCUT2D eigenvalue weighted by molar-refractivity contribution is 5.99. The minimum atomic E-state index is -0.801. The molecule has 0 aromatic heterocycles. The van der Waals surface area contributed by atoms with E-state index < -0.39 is 5.54 Å². The fraction of sp³-hybridized carbons (Fsp3) is 0.500. The van der Waals surface area contributed by atoms with Crippen LogP contribution in [0.4, 0.5) is 11.4 Å². The summed E-state index contributed by atoms with van der Waals surface area (Å²) in [7, 11) is 0. The number of fused-ring (bicyclic) bond motifs is 1. The standard InChI is InChI=1S/C16H21N3O2/c1-10(20)19-8-7-11-9-13(5-6-14(11)19)18-15(21)16(2,17)12-3-4-12/h5-6,9,12H,3-4,7-8,17H2,1-2H3,(H,18,21). The van der Waals surface area contributed by atoms with Gasteiger partial charge in [-0.1, -0.05) is 0 Å². The van der Waals surface area contributed by atoms with Gasteiger partial charge in [0.05, 0.1) is 5.54 Å². The van der Waals surface area contributed by atoms with Crippen molar-refractivity contribution in [3.05, 3.63) is 23.8 Å². The van der Waals surface area contributed by atoms with Crippen molar-refractivity contribution in [2.45, 2.75) is 38.6 Å². The zero-order chi connectivity index (χ0) is 15.2. The van der Waals surface area contributed by atoms with E-state index in [9.17, 15) is 9.59 Å². The van der Waals surface area contributed by atoms with E-state index in [0.29, 0.717) is 12.5 Å². The molecule has 1 aromatic rings. The highest BCUT2D eigenvalue weighted by Crippen LogP contribution is 2.39. The third kappa shape index (κ3) is 2.53. The van der Waals surface area contributed by atoms with Gasteiger partial charge in [0.25, 0.3) is 0 Å². The maximum Gasteiger partial charge on any atom is 0.244 e. The van der Waals surface area contributed by atoms with E-state index in [1.807, 2.05) is 18.2 Å². The Morgan fingerprint density at radius 3 is 2.71 bits per heavy atom. The van der Waals surface area contributed by atoms with Crippen LogP contribution in [0.2, 0.25) is 0 Å². The minimum absolute atomic E-state index is 0.0498. The molecule has 1 atom stereocenters. The van der Waals surface area contributed by atoms with Gasteiger partial charge in [0.2, 0.25) is 11.8 Å². The SMILES string of the molecule is CC(=O)N1CCc2cc(NC(=O)C(C)(N)C3CC3)ccc21. The van der Waals surface area contributed by atoms with Crippen LogP contribution in [0.25, 0.3) is 0 Å². The van der Waals surface area contributed by atoms with Crippen LogP contribution in [-0.4, -0.2) is 23.9 Å². The number of nitrogens with zero attached hydrogens (tertiary/aromatic N) is 1. The zero-order valence-electron chi connectivity index (χ0n) is 12.5. The van der Waals surface area contributed by atoms with Crippen LogP contribution in [0.1, 0.15) is 32.3 Å². The van der Waals surface area contributed by atoms with Crippen molar-refractivity contribution >= 4 is 23.2 Å². The zero-order valence-corrected chi connectivity index (χ0v) is 12.5. The molecule has 0 radical (unpaired) electrons. The molecule has 1 unspecified atom stereocenters. The molecule has 1 aromatic carbocycles. The van der Waals surface area contributed by atoms with Crippen LogP contribution in [0.3, 0.4) is 0 Å². The number of benzene rings is 1. The molecule has 3 N–H and O–H groups in total. The van der Waals surface area contributed by atoms with E-state index in [0.717, 1.165) is 36.2 Å². The summed E-state index contributed by atoms with van der Waals surface area (Å²) < 4.78 is 0. The molecule has 1 aliphatic heterocycles. The Morgan fingerprint density at radius 2 is 2.10 bits per heavy atom. The van der Waals surface area contributed by atoms with E-state index in [1.54, 1.807) is 18.7 Å². The average Bonchev–Trinajstić information content (AvgIpc) is 3.19. The molecule has 1 heterocycles. The van der Waals surface area contributed by atoms with Crippen LogP contribution >= 0.6 is 0 Å². The molecule has 112 valence electrons. The smallest absolute Gasteiger partial charge is 0.244 e. The summed E-state index contributed by atoms with van der Waals surface area (Å²) >= 11 is 0. The lowest BCUT2D eigenvalue weighted by atomic mass is 9.96. The van der Waals surface area contributed by atoms with Crippen LogP contribution in [0.15, 0.2) is 18.2 Å². The third-order valence-electron chi connectivity index (χ3n) is 4.53. The molecule has 0 spiro atoms. The lowest BCUT2D eigenvalue weighted by Crippen LogP contribution is -2.50. The summed E-state index contributed by atoms with van der Waals surface area (Å²) in [6.07, 6.45) is 2.87. The van der Waals surface area contributed by atoms with Gasteiger partial charge in [0, 0.05) is 24.8 Å². The number of nitrogens with one attached hydrogen (secondary N) is 1. The van der Waals surface area contributed by atoms with Crippen LogP contribution in [0, 0.1) is 5.92 Å². The number of anilines is 2. The fourth-order valence-electron chi connectivity index (χ4n) is 2.94. The molecule has 1 fully saturated rings. The molecule has 0 saturated heterocycles. The summed E-state index contributed by atoms with van der Waals surface area (Å²) in [4.78, 5) is 25.6. The van der Waals surface area contributed by atoms with E-state index >= 15 is 0 Å². The number of hydrogen-bond acceptors (Lipinski definition) is 3. The number of amides is 2. The molecular weight excluding hydrogens is 266 g/mol. The van der Waals surface area contributed by atoms with Gasteiger partial charge in [-0.2, -0.15) is 0 Å². The molecule has 2 amide bonds. The summed E-state index contributed by atoms with van der Waals surface area (Å²) in [6, 6.07) is 5.67. The lowest BCUT2D eigenvalue weighted by molar-refractivity contribution is -0.121. The van der Waals surface area contributed by atoms with Crippen molar-refractivity contribution in [2.24, 2.45) is 11.7 Å².